The number of hydrogen-bond donors (Lipinski definition) is 1. The average Bonchev–Trinajstić information content (AvgIpc) is 2.67. The van der Waals surface area contributed by atoms with Gasteiger partial charge in [-0.05, 0) is 24.3 Å². The Morgan fingerprint density at radius 3 is 2.35 bits per heavy atom. The second-order valence-corrected chi connectivity index (χ2v) is 5.58. The number of carbonyl (C=O) groups excluding carboxylic acids is 2. The fourth-order valence-electron chi connectivity index (χ4n) is 2.50. The summed E-state index contributed by atoms with van der Waals surface area (Å²) in [7, 11) is 0. The first-order valence-electron chi connectivity index (χ1n) is 7.72. The molecule has 0 spiro atoms. The fraction of sp³-hybridized carbons (Fsp3) is 0.250. The third-order valence-electron chi connectivity index (χ3n) is 3.96. The molecule has 26 heavy (non-hydrogen) atoms. The van der Waals surface area contributed by atoms with Crippen molar-refractivity contribution in [2.75, 3.05) is 36.4 Å². The van der Waals surface area contributed by atoms with E-state index >= 15 is 0 Å². The maximum Gasteiger partial charge on any atom is 0.259 e. The second kappa shape index (κ2) is 7.38. The lowest BCUT2D eigenvalue weighted by molar-refractivity contribution is -0.118. The minimum Gasteiger partial charge on any atom is -0.352 e. The fourth-order valence-corrected chi connectivity index (χ4v) is 2.50. The largest absolute Gasteiger partial charge is 0.352 e. The summed E-state index contributed by atoms with van der Waals surface area (Å²) in [4.78, 5) is 26.3. The van der Waals surface area contributed by atoms with Crippen molar-refractivity contribution in [3.63, 3.8) is 0 Å². The van der Waals surface area contributed by atoms with Gasteiger partial charge in [-0.3, -0.25) is 9.59 Å². The molecule has 10 heteroatoms. The highest BCUT2D eigenvalue weighted by Gasteiger charge is 2.20. The van der Waals surface area contributed by atoms with Crippen LogP contribution in [-0.2, 0) is 4.79 Å². The second-order valence-electron chi connectivity index (χ2n) is 5.58. The van der Waals surface area contributed by atoms with Crippen LogP contribution in [0.5, 0.6) is 0 Å². The van der Waals surface area contributed by atoms with E-state index in [1.165, 1.54) is 6.07 Å². The van der Waals surface area contributed by atoms with E-state index in [1.807, 2.05) is 4.90 Å². The molecule has 2 aromatic rings. The number of piperazine rings is 1. The molecule has 1 saturated heterocycles. The van der Waals surface area contributed by atoms with E-state index in [-0.39, 0.29) is 5.82 Å². The molecule has 1 aromatic carbocycles. The van der Waals surface area contributed by atoms with Crippen molar-refractivity contribution >= 4 is 24.0 Å². The van der Waals surface area contributed by atoms with Crippen LogP contribution >= 0.6 is 0 Å². The van der Waals surface area contributed by atoms with Crippen molar-refractivity contribution < 1.29 is 22.8 Å². The van der Waals surface area contributed by atoms with Gasteiger partial charge in [0.1, 0.15) is 0 Å². The van der Waals surface area contributed by atoms with E-state index in [0.29, 0.717) is 38.1 Å². The molecule has 0 aliphatic carbocycles. The summed E-state index contributed by atoms with van der Waals surface area (Å²) < 4.78 is 39.8. The summed E-state index contributed by atoms with van der Waals surface area (Å²) in [5.74, 6) is -5.03. The number of amides is 2. The van der Waals surface area contributed by atoms with Crippen LogP contribution in [0.1, 0.15) is 10.4 Å². The van der Waals surface area contributed by atoms with Gasteiger partial charge in [0, 0.05) is 26.2 Å². The number of aromatic nitrogens is 2. The maximum absolute atomic E-state index is 13.6. The van der Waals surface area contributed by atoms with Gasteiger partial charge in [-0.15, -0.1) is 10.2 Å². The van der Waals surface area contributed by atoms with Gasteiger partial charge in [-0.1, -0.05) is 0 Å². The van der Waals surface area contributed by atoms with Crippen molar-refractivity contribution in [1.29, 1.82) is 0 Å². The van der Waals surface area contributed by atoms with E-state index in [4.69, 9.17) is 0 Å². The van der Waals surface area contributed by atoms with E-state index in [2.05, 4.69) is 15.5 Å². The van der Waals surface area contributed by atoms with E-state index in [0.717, 1.165) is 12.5 Å². The van der Waals surface area contributed by atoms with Gasteiger partial charge >= 0.3 is 0 Å². The van der Waals surface area contributed by atoms with Crippen LogP contribution in [0.2, 0.25) is 0 Å². The zero-order valence-electron chi connectivity index (χ0n) is 13.5. The zero-order chi connectivity index (χ0) is 18.7. The molecule has 1 aliphatic rings. The van der Waals surface area contributed by atoms with Gasteiger partial charge in [0.15, 0.2) is 29.1 Å². The Kier molecular flexibility index (Phi) is 5.01. The smallest absolute Gasteiger partial charge is 0.259 e. The standard InChI is InChI=1S/C16H14F3N5O2/c17-11-2-1-10(14(18)15(11)19)16(26)20-12-3-4-13(22-21-12)24-7-5-23(9-25)6-8-24/h1-4,9H,5-8H2,(H,20,21,26). The highest BCUT2D eigenvalue weighted by Crippen LogP contribution is 2.18. The molecule has 2 heterocycles. The van der Waals surface area contributed by atoms with Gasteiger partial charge in [-0.25, -0.2) is 13.2 Å². The molecule has 1 fully saturated rings. The summed E-state index contributed by atoms with van der Waals surface area (Å²) >= 11 is 0. The predicted molar refractivity (Wildman–Crippen MR) is 86.2 cm³/mol. The Balaban J connectivity index is 1.67. The van der Waals surface area contributed by atoms with Crippen molar-refractivity contribution in [3.8, 4) is 0 Å². The number of rotatable bonds is 4. The Morgan fingerprint density at radius 2 is 1.73 bits per heavy atom. The molecule has 0 bridgehead atoms. The van der Waals surface area contributed by atoms with Crippen molar-refractivity contribution in [2.45, 2.75) is 0 Å². The minimum atomic E-state index is -1.71. The Bertz CT molecular complexity index is 823. The van der Waals surface area contributed by atoms with Gasteiger partial charge in [-0.2, -0.15) is 0 Å². The van der Waals surface area contributed by atoms with Crippen LogP contribution in [0, 0.1) is 17.5 Å². The topological polar surface area (TPSA) is 78.4 Å². The summed E-state index contributed by atoms with van der Waals surface area (Å²) in [6, 6.07) is 4.59. The van der Waals surface area contributed by atoms with Crippen LogP contribution in [0.25, 0.3) is 0 Å². The number of anilines is 2. The molecule has 0 atom stereocenters. The summed E-state index contributed by atoms with van der Waals surface area (Å²) in [6.07, 6.45) is 0.791. The van der Waals surface area contributed by atoms with Crippen molar-refractivity contribution in [2.24, 2.45) is 0 Å². The monoisotopic (exact) mass is 365 g/mol. The highest BCUT2D eigenvalue weighted by atomic mass is 19.2. The SMILES string of the molecule is O=CN1CCN(c2ccc(NC(=O)c3ccc(F)c(F)c3F)nn2)CC1. The summed E-state index contributed by atoms with van der Waals surface area (Å²) in [5.41, 5.74) is -0.639. The van der Waals surface area contributed by atoms with Gasteiger partial charge in [0.25, 0.3) is 5.91 Å². The number of halogens is 3. The molecule has 1 N–H and O–H groups in total. The summed E-state index contributed by atoms with van der Waals surface area (Å²) in [6.45, 7) is 2.33. The molecule has 0 radical (unpaired) electrons. The van der Waals surface area contributed by atoms with Gasteiger partial charge in [0.2, 0.25) is 6.41 Å². The average molecular weight is 365 g/mol. The lowest BCUT2D eigenvalue weighted by atomic mass is 10.2. The number of carbonyl (C=O) groups is 2. The van der Waals surface area contributed by atoms with Gasteiger partial charge < -0.3 is 15.1 Å². The number of hydrogen-bond acceptors (Lipinski definition) is 5. The Labute approximate surface area is 146 Å². The summed E-state index contributed by atoms with van der Waals surface area (Å²) in [5, 5.41) is 10.1. The Morgan fingerprint density at radius 1 is 1.00 bits per heavy atom. The highest BCUT2D eigenvalue weighted by molar-refractivity contribution is 6.03. The normalized spacial score (nSPS) is 14.3. The molecule has 1 aromatic heterocycles. The molecular formula is C16H14F3N5O2. The van der Waals surface area contributed by atoms with E-state index in [9.17, 15) is 22.8 Å². The molecular weight excluding hydrogens is 351 g/mol. The first-order valence-corrected chi connectivity index (χ1v) is 7.72. The maximum atomic E-state index is 13.6. The van der Waals surface area contributed by atoms with Crippen LogP contribution in [0.3, 0.4) is 0 Å². The van der Waals surface area contributed by atoms with Crippen molar-refractivity contribution in [3.05, 3.63) is 47.3 Å². The predicted octanol–water partition coefficient (Wildman–Crippen LogP) is 1.42. The van der Waals surface area contributed by atoms with Crippen LogP contribution in [0.15, 0.2) is 24.3 Å². The third-order valence-corrected chi connectivity index (χ3v) is 3.96. The molecule has 3 rings (SSSR count). The Hall–Kier alpha value is -3.17. The van der Waals surface area contributed by atoms with Crippen LogP contribution in [-0.4, -0.2) is 53.6 Å². The molecule has 7 nitrogen and oxygen atoms in total. The molecule has 0 saturated carbocycles. The first-order chi connectivity index (χ1) is 12.5. The molecule has 1 aliphatic heterocycles. The lowest BCUT2D eigenvalue weighted by Crippen LogP contribution is -2.46. The van der Waals surface area contributed by atoms with Crippen molar-refractivity contribution in [1.82, 2.24) is 15.1 Å². The van der Waals surface area contributed by atoms with Gasteiger partial charge in [0.05, 0.1) is 5.56 Å². The third kappa shape index (κ3) is 3.58. The quantitative estimate of drug-likeness (QED) is 0.655. The number of nitrogens with one attached hydrogen (secondary N) is 1. The number of benzene rings is 1. The van der Waals surface area contributed by atoms with E-state index < -0.39 is 28.9 Å². The van der Waals surface area contributed by atoms with Crippen LogP contribution in [0.4, 0.5) is 24.8 Å². The zero-order valence-corrected chi connectivity index (χ0v) is 13.5. The van der Waals surface area contributed by atoms with Crippen LogP contribution < -0.4 is 10.2 Å². The minimum absolute atomic E-state index is 0.0365. The molecule has 136 valence electrons. The lowest BCUT2D eigenvalue weighted by Gasteiger charge is -2.32. The van der Waals surface area contributed by atoms with E-state index in [1.54, 1.807) is 11.0 Å². The molecule has 0 unspecified atom stereocenters. The number of nitrogens with zero attached hydrogens (tertiary/aromatic N) is 4. The molecule has 2 amide bonds. The first kappa shape index (κ1) is 17.6.